The summed E-state index contributed by atoms with van der Waals surface area (Å²) in [7, 11) is 0. The molecule has 0 bridgehead atoms. The van der Waals surface area contributed by atoms with Crippen molar-refractivity contribution in [3.8, 4) is 5.75 Å². The molecule has 0 saturated carbocycles. The largest absolute Gasteiger partial charge is 0.484 e. The van der Waals surface area contributed by atoms with E-state index in [-0.39, 0.29) is 18.4 Å². The van der Waals surface area contributed by atoms with Gasteiger partial charge in [0.15, 0.2) is 6.61 Å². The van der Waals surface area contributed by atoms with Crippen LogP contribution in [0.2, 0.25) is 5.02 Å². The van der Waals surface area contributed by atoms with Crippen molar-refractivity contribution in [2.45, 2.75) is 32.9 Å². The summed E-state index contributed by atoms with van der Waals surface area (Å²) < 4.78 is 5.72. The smallest absolute Gasteiger partial charge is 0.261 e. The fourth-order valence-electron chi connectivity index (χ4n) is 3.64. The first-order valence-corrected chi connectivity index (χ1v) is 11.4. The average Bonchev–Trinajstić information content (AvgIpc) is 2.80. The van der Waals surface area contributed by atoms with Crippen LogP contribution in [-0.4, -0.2) is 35.9 Å². The Hall–Kier alpha value is -3.31. The molecule has 2 amide bonds. The highest BCUT2D eigenvalue weighted by atomic mass is 35.5. The molecule has 5 nitrogen and oxygen atoms in total. The number of halogens is 1. The van der Waals surface area contributed by atoms with Gasteiger partial charge in [-0.25, -0.2) is 0 Å². The van der Waals surface area contributed by atoms with Crippen LogP contribution in [-0.2, 0) is 22.6 Å². The Morgan fingerprint density at radius 1 is 0.970 bits per heavy atom. The van der Waals surface area contributed by atoms with E-state index in [4.69, 9.17) is 16.3 Å². The number of hydrogen-bond acceptors (Lipinski definition) is 3. The predicted octanol–water partition coefficient (Wildman–Crippen LogP) is 4.80. The van der Waals surface area contributed by atoms with Crippen LogP contribution in [0.15, 0.2) is 78.9 Å². The van der Waals surface area contributed by atoms with Gasteiger partial charge in [0.05, 0.1) is 0 Å². The summed E-state index contributed by atoms with van der Waals surface area (Å²) in [5.41, 5.74) is 3.02. The van der Waals surface area contributed by atoms with Gasteiger partial charge in [-0.15, -0.1) is 0 Å². The van der Waals surface area contributed by atoms with Crippen LogP contribution < -0.4 is 10.1 Å². The number of rotatable bonds is 10. The summed E-state index contributed by atoms with van der Waals surface area (Å²) in [5, 5.41) is 3.42. The molecule has 6 heteroatoms. The van der Waals surface area contributed by atoms with E-state index < -0.39 is 6.04 Å². The fraction of sp³-hybridized carbons (Fsp3) is 0.259. The minimum absolute atomic E-state index is 0.190. The number of likely N-dealkylation sites (N-methyl/N-ethyl adjacent to an activating group) is 1. The third-order valence-electron chi connectivity index (χ3n) is 5.22. The number of hydrogen-bond donors (Lipinski definition) is 1. The second kappa shape index (κ2) is 12.1. The molecule has 1 atom stereocenters. The summed E-state index contributed by atoms with van der Waals surface area (Å²) in [5.74, 6) is 0.0396. The highest BCUT2D eigenvalue weighted by Gasteiger charge is 2.30. The summed E-state index contributed by atoms with van der Waals surface area (Å²) in [6, 6.07) is 23.9. The normalized spacial score (nSPS) is 11.5. The van der Waals surface area contributed by atoms with Crippen LogP contribution in [0.25, 0.3) is 0 Å². The van der Waals surface area contributed by atoms with Gasteiger partial charge in [0, 0.05) is 24.5 Å². The molecular formula is C27H29ClN2O3. The second-order valence-electron chi connectivity index (χ2n) is 7.86. The van der Waals surface area contributed by atoms with Gasteiger partial charge in [-0.2, -0.15) is 0 Å². The number of aryl methyl sites for hydroxylation is 1. The number of ether oxygens (including phenoxy) is 1. The van der Waals surface area contributed by atoms with E-state index in [0.717, 1.165) is 16.7 Å². The van der Waals surface area contributed by atoms with Crippen molar-refractivity contribution in [2.24, 2.45) is 0 Å². The molecule has 0 heterocycles. The van der Waals surface area contributed by atoms with Crippen molar-refractivity contribution in [3.05, 3.63) is 101 Å². The molecule has 0 aromatic heterocycles. The first-order valence-electron chi connectivity index (χ1n) is 11.0. The molecule has 3 rings (SSSR count). The Labute approximate surface area is 200 Å². The number of nitrogens with one attached hydrogen (secondary N) is 1. The van der Waals surface area contributed by atoms with Crippen molar-refractivity contribution in [2.75, 3.05) is 13.2 Å². The molecule has 0 saturated heterocycles. The molecular weight excluding hydrogens is 436 g/mol. The van der Waals surface area contributed by atoms with E-state index in [1.54, 1.807) is 29.2 Å². The highest BCUT2D eigenvalue weighted by molar-refractivity contribution is 6.30. The van der Waals surface area contributed by atoms with Crippen LogP contribution in [0.5, 0.6) is 5.75 Å². The molecule has 3 aromatic carbocycles. The van der Waals surface area contributed by atoms with E-state index in [0.29, 0.717) is 30.3 Å². The van der Waals surface area contributed by atoms with Gasteiger partial charge in [0.1, 0.15) is 11.8 Å². The Bertz CT molecular complexity index is 1070. The van der Waals surface area contributed by atoms with Gasteiger partial charge in [0.2, 0.25) is 5.91 Å². The number of amides is 2. The predicted molar refractivity (Wildman–Crippen MR) is 131 cm³/mol. The maximum absolute atomic E-state index is 13.4. The minimum atomic E-state index is -0.677. The molecule has 0 aliphatic heterocycles. The zero-order valence-electron chi connectivity index (χ0n) is 19.0. The number of benzene rings is 3. The molecule has 0 fully saturated rings. The zero-order valence-corrected chi connectivity index (χ0v) is 19.7. The van der Waals surface area contributed by atoms with Gasteiger partial charge >= 0.3 is 0 Å². The lowest BCUT2D eigenvalue weighted by atomic mass is 10.0. The Balaban J connectivity index is 1.89. The fourth-order valence-corrected chi connectivity index (χ4v) is 3.82. The van der Waals surface area contributed by atoms with E-state index in [9.17, 15) is 9.59 Å². The quantitative estimate of drug-likeness (QED) is 0.468. The van der Waals surface area contributed by atoms with Gasteiger partial charge in [-0.1, -0.05) is 77.8 Å². The summed E-state index contributed by atoms with van der Waals surface area (Å²) >= 11 is 6.03. The third kappa shape index (κ3) is 7.36. The molecule has 0 unspecified atom stereocenters. The van der Waals surface area contributed by atoms with Gasteiger partial charge < -0.3 is 15.0 Å². The molecule has 33 heavy (non-hydrogen) atoms. The third-order valence-corrected chi connectivity index (χ3v) is 5.45. The Morgan fingerprint density at radius 2 is 1.70 bits per heavy atom. The summed E-state index contributed by atoms with van der Waals surface area (Å²) in [6.07, 6.45) is 0.404. The monoisotopic (exact) mass is 464 g/mol. The van der Waals surface area contributed by atoms with E-state index in [1.165, 1.54) is 0 Å². The van der Waals surface area contributed by atoms with Gasteiger partial charge in [-0.3, -0.25) is 9.59 Å². The van der Waals surface area contributed by atoms with Crippen molar-refractivity contribution in [1.82, 2.24) is 10.2 Å². The van der Waals surface area contributed by atoms with Crippen molar-refractivity contribution in [3.63, 3.8) is 0 Å². The molecule has 3 aromatic rings. The molecule has 0 spiro atoms. The Kier molecular flexibility index (Phi) is 8.90. The number of carbonyl (C=O) groups is 2. The van der Waals surface area contributed by atoms with Crippen molar-refractivity contribution < 1.29 is 14.3 Å². The first-order chi connectivity index (χ1) is 16.0. The average molecular weight is 465 g/mol. The van der Waals surface area contributed by atoms with Crippen LogP contribution in [0.1, 0.15) is 23.6 Å². The van der Waals surface area contributed by atoms with Crippen LogP contribution in [0.3, 0.4) is 0 Å². The van der Waals surface area contributed by atoms with Crippen LogP contribution >= 0.6 is 11.6 Å². The Morgan fingerprint density at radius 3 is 2.39 bits per heavy atom. The highest BCUT2D eigenvalue weighted by Crippen LogP contribution is 2.19. The number of nitrogens with zero attached hydrogens (tertiary/aromatic N) is 1. The molecule has 172 valence electrons. The maximum atomic E-state index is 13.4. The molecule has 1 N–H and O–H groups in total. The lowest BCUT2D eigenvalue weighted by Gasteiger charge is -2.31. The van der Waals surface area contributed by atoms with Crippen molar-refractivity contribution >= 4 is 23.4 Å². The van der Waals surface area contributed by atoms with Crippen LogP contribution in [0.4, 0.5) is 0 Å². The first kappa shape index (κ1) is 24.3. The second-order valence-corrected chi connectivity index (χ2v) is 8.29. The molecule has 0 radical (unpaired) electrons. The van der Waals surface area contributed by atoms with Gasteiger partial charge in [-0.05, 0) is 43.2 Å². The SMILES string of the molecule is CCNC(=O)[C@@H](Cc1ccccc1)N(Cc1cccc(C)c1)C(=O)COc1cccc(Cl)c1. The van der Waals surface area contributed by atoms with E-state index >= 15 is 0 Å². The van der Waals surface area contributed by atoms with Crippen LogP contribution in [0, 0.1) is 6.92 Å². The van der Waals surface area contributed by atoms with Gasteiger partial charge in [0.25, 0.3) is 5.91 Å². The molecule has 0 aliphatic carbocycles. The lowest BCUT2D eigenvalue weighted by molar-refractivity contribution is -0.142. The zero-order chi connectivity index (χ0) is 23.6. The maximum Gasteiger partial charge on any atom is 0.261 e. The minimum Gasteiger partial charge on any atom is -0.484 e. The van der Waals surface area contributed by atoms with E-state index in [2.05, 4.69) is 5.32 Å². The topological polar surface area (TPSA) is 58.6 Å². The van der Waals surface area contributed by atoms with Crippen molar-refractivity contribution in [1.29, 1.82) is 0 Å². The summed E-state index contributed by atoms with van der Waals surface area (Å²) in [6.45, 7) is 4.45. The van der Waals surface area contributed by atoms with E-state index in [1.807, 2.05) is 68.4 Å². The standard InChI is InChI=1S/C27H29ClN2O3/c1-3-29-27(32)25(16-21-10-5-4-6-11-21)30(18-22-12-7-9-20(2)15-22)26(31)19-33-24-14-8-13-23(28)17-24/h4-15,17,25H,3,16,18-19H2,1-2H3,(H,29,32)/t25-/m1/s1. The summed E-state index contributed by atoms with van der Waals surface area (Å²) in [4.78, 5) is 28.1. The lowest BCUT2D eigenvalue weighted by Crippen LogP contribution is -2.51. The molecule has 0 aliphatic rings. The number of carbonyl (C=O) groups excluding carboxylic acids is 2.